The van der Waals surface area contributed by atoms with Gasteiger partial charge in [-0.2, -0.15) is 0 Å². The molecule has 0 bridgehead atoms. The van der Waals surface area contributed by atoms with E-state index in [1.807, 2.05) is 18.5 Å². The first-order valence-corrected chi connectivity index (χ1v) is 12.1. The van der Waals surface area contributed by atoms with Crippen LogP contribution in [0.15, 0.2) is 48.8 Å². The Bertz CT molecular complexity index is 773. The van der Waals surface area contributed by atoms with Gasteiger partial charge < -0.3 is 4.90 Å². The zero-order chi connectivity index (χ0) is 21.6. The zero-order valence-corrected chi connectivity index (χ0v) is 19.5. The maximum atomic E-state index is 4.50. The lowest BCUT2D eigenvalue weighted by Crippen LogP contribution is -2.56. The van der Waals surface area contributed by atoms with Gasteiger partial charge >= 0.3 is 0 Å². The van der Waals surface area contributed by atoms with Crippen LogP contribution in [0, 0.1) is 0 Å². The number of likely N-dealkylation sites (tertiary alicyclic amines) is 1. The molecule has 0 amide bonds. The zero-order valence-electron chi connectivity index (χ0n) is 19.5. The first-order valence-electron chi connectivity index (χ1n) is 12.1. The minimum absolute atomic E-state index is 0.519. The molecule has 2 fully saturated rings. The monoisotopic (exact) mass is 421 g/mol. The first-order chi connectivity index (χ1) is 15.1. The van der Waals surface area contributed by atoms with Gasteiger partial charge in [0.1, 0.15) is 5.82 Å². The SMILES string of the molecule is CC(C)N1CCN(Cc2ccccc2)C(CC(C)N2CCC(c3ncccn3)CC2)C1. The van der Waals surface area contributed by atoms with E-state index in [2.05, 4.69) is 75.8 Å². The second-order valence-corrected chi connectivity index (χ2v) is 9.70. The molecule has 168 valence electrons. The van der Waals surface area contributed by atoms with Crippen LogP contribution in [0.25, 0.3) is 0 Å². The molecule has 3 heterocycles. The highest BCUT2D eigenvalue weighted by atomic mass is 15.3. The molecule has 1 aromatic carbocycles. The normalized spacial score (nSPS) is 23.3. The van der Waals surface area contributed by atoms with E-state index in [0.29, 0.717) is 24.0 Å². The average molecular weight is 422 g/mol. The van der Waals surface area contributed by atoms with Gasteiger partial charge in [0.2, 0.25) is 0 Å². The quantitative estimate of drug-likeness (QED) is 0.674. The van der Waals surface area contributed by atoms with E-state index >= 15 is 0 Å². The van der Waals surface area contributed by atoms with Gasteiger partial charge in [-0.3, -0.25) is 9.80 Å². The molecule has 2 atom stereocenters. The van der Waals surface area contributed by atoms with Gasteiger partial charge in [-0.15, -0.1) is 0 Å². The van der Waals surface area contributed by atoms with Crippen LogP contribution in [-0.2, 0) is 6.54 Å². The van der Waals surface area contributed by atoms with Crippen molar-refractivity contribution < 1.29 is 0 Å². The lowest BCUT2D eigenvalue weighted by molar-refractivity contribution is 0.0291. The van der Waals surface area contributed by atoms with Gasteiger partial charge in [0.15, 0.2) is 0 Å². The maximum absolute atomic E-state index is 4.50. The fraction of sp³-hybridized carbons (Fsp3) is 0.615. The van der Waals surface area contributed by atoms with Crippen LogP contribution in [0.3, 0.4) is 0 Å². The number of hydrogen-bond acceptors (Lipinski definition) is 5. The lowest BCUT2D eigenvalue weighted by atomic mass is 9.93. The molecule has 2 saturated heterocycles. The summed E-state index contributed by atoms with van der Waals surface area (Å²) in [6.07, 6.45) is 7.34. The second-order valence-electron chi connectivity index (χ2n) is 9.70. The van der Waals surface area contributed by atoms with Gasteiger partial charge in [-0.05, 0) is 64.8 Å². The van der Waals surface area contributed by atoms with E-state index in [9.17, 15) is 0 Å². The summed E-state index contributed by atoms with van der Waals surface area (Å²) in [4.78, 5) is 17.1. The highest BCUT2D eigenvalue weighted by molar-refractivity contribution is 5.15. The fourth-order valence-electron chi connectivity index (χ4n) is 5.30. The number of rotatable bonds is 7. The van der Waals surface area contributed by atoms with Crippen LogP contribution in [0.4, 0.5) is 0 Å². The first kappa shape index (κ1) is 22.4. The average Bonchev–Trinajstić information content (AvgIpc) is 2.81. The summed E-state index contributed by atoms with van der Waals surface area (Å²) in [5.74, 6) is 1.55. The van der Waals surface area contributed by atoms with Crippen LogP contribution in [0.2, 0.25) is 0 Å². The lowest BCUT2D eigenvalue weighted by Gasteiger charge is -2.45. The molecule has 5 heteroatoms. The van der Waals surface area contributed by atoms with Gasteiger partial charge in [-0.25, -0.2) is 9.97 Å². The van der Waals surface area contributed by atoms with Crippen molar-refractivity contribution in [1.82, 2.24) is 24.7 Å². The number of piperazine rings is 1. The van der Waals surface area contributed by atoms with E-state index in [-0.39, 0.29) is 0 Å². The van der Waals surface area contributed by atoms with Crippen LogP contribution in [-0.4, -0.2) is 75.5 Å². The summed E-state index contributed by atoms with van der Waals surface area (Å²) in [7, 11) is 0. The van der Waals surface area contributed by atoms with Gasteiger partial charge in [0.05, 0.1) is 0 Å². The summed E-state index contributed by atoms with van der Waals surface area (Å²) in [6, 6.07) is 14.7. The molecule has 2 aliphatic rings. The van der Waals surface area contributed by atoms with E-state index in [1.54, 1.807) is 0 Å². The highest BCUT2D eigenvalue weighted by Crippen LogP contribution is 2.28. The van der Waals surface area contributed by atoms with Gasteiger partial charge in [0, 0.05) is 62.6 Å². The Morgan fingerprint density at radius 3 is 2.26 bits per heavy atom. The molecule has 0 aliphatic carbocycles. The van der Waals surface area contributed by atoms with E-state index in [1.165, 1.54) is 37.9 Å². The van der Waals surface area contributed by atoms with Crippen molar-refractivity contribution in [1.29, 1.82) is 0 Å². The predicted molar refractivity (Wildman–Crippen MR) is 127 cm³/mol. The molecule has 31 heavy (non-hydrogen) atoms. The van der Waals surface area contributed by atoms with Crippen LogP contribution < -0.4 is 0 Å². The molecule has 2 aliphatic heterocycles. The Labute approximate surface area is 188 Å². The number of piperidine rings is 1. The molecule has 0 N–H and O–H groups in total. The summed E-state index contributed by atoms with van der Waals surface area (Å²) in [6.45, 7) is 14.0. The summed E-state index contributed by atoms with van der Waals surface area (Å²) >= 11 is 0. The standard InChI is InChI=1S/C26H39N5/c1-21(2)30-16-17-31(19-23-8-5-4-6-9-23)25(20-30)18-22(3)29-14-10-24(11-15-29)26-27-12-7-13-28-26/h4-9,12-13,21-22,24-25H,10-11,14-20H2,1-3H3. The van der Waals surface area contributed by atoms with Crippen molar-refractivity contribution >= 4 is 0 Å². The Morgan fingerprint density at radius 2 is 1.58 bits per heavy atom. The van der Waals surface area contributed by atoms with Crippen LogP contribution in [0.5, 0.6) is 0 Å². The van der Waals surface area contributed by atoms with Gasteiger partial charge in [0.25, 0.3) is 0 Å². The van der Waals surface area contributed by atoms with Crippen molar-refractivity contribution in [2.45, 2.75) is 70.6 Å². The number of nitrogens with zero attached hydrogens (tertiary/aromatic N) is 5. The molecule has 2 unspecified atom stereocenters. The van der Waals surface area contributed by atoms with Crippen LogP contribution >= 0.6 is 0 Å². The number of aromatic nitrogens is 2. The van der Waals surface area contributed by atoms with Gasteiger partial charge in [-0.1, -0.05) is 30.3 Å². The van der Waals surface area contributed by atoms with Crippen molar-refractivity contribution in [2.75, 3.05) is 32.7 Å². The molecule has 0 spiro atoms. The molecule has 5 nitrogen and oxygen atoms in total. The maximum Gasteiger partial charge on any atom is 0.131 e. The highest BCUT2D eigenvalue weighted by Gasteiger charge is 2.32. The third-order valence-corrected chi connectivity index (χ3v) is 7.31. The van der Waals surface area contributed by atoms with E-state index in [4.69, 9.17) is 0 Å². The molecule has 4 rings (SSSR count). The fourth-order valence-corrected chi connectivity index (χ4v) is 5.30. The van der Waals surface area contributed by atoms with Crippen molar-refractivity contribution in [3.8, 4) is 0 Å². The predicted octanol–water partition coefficient (Wildman–Crippen LogP) is 4.03. The molecule has 0 radical (unpaired) electrons. The van der Waals surface area contributed by atoms with Crippen molar-refractivity contribution in [3.05, 3.63) is 60.2 Å². The molecule has 1 aromatic heterocycles. The molecular formula is C26H39N5. The smallest absolute Gasteiger partial charge is 0.131 e. The third-order valence-electron chi connectivity index (χ3n) is 7.31. The minimum Gasteiger partial charge on any atom is -0.301 e. The molecular weight excluding hydrogens is 382 g/mol. The van der Waals surface area contributed by atoms with Crippen LogP contribution in [0.1, 0.15) is 57.3 Å². The second kappa shape index (κ2) is 10.7. The van der Waals surface area contributed by atoms with Crippen molar-refractivity contribution in [2.24, 2.45) is 0 Å². The topological polar surface area (TPSA) is 35.5 Å². The van der Waals surface area contributed by atoms with E-state index in [0.717, 1.165) is 32.0 Å². The Kier molecular flexibility index (Phi) is 7.70. The Morgan fingerprint density at radius 1 is 0.871 bits per heavy atom. The van der Waals surface area contributed by atoms with Crippen molar-refractivity contribution in [3.63, 3.8) is 0 Å². The number of benzene rings is 1. The minimum atomic E-state index is 0.519. The summed E-state index contributed by atoms with van der Waals surface area (Å²) in [5.41, 5.74) is 1.43. The number of hydrogen-bond donors (Lipinski definition) is 0. The summed E-state index contributed by atoms with van der Waals surface area (Å²) < 4.78 is 0. The largest absolute Gasteiger partial charge is 0.301 e. The third kappa shape index (κ3) is 5.91. The Hall–Kier alpha value is -1.82. The molecule has 0 saturated carbocycles. The summed E-state index contributed by atoms with van der Waals surface area (Å²) in [5, 5.41) is 0. The van der Waals surface area contributed by atoms with E-state index < -0.39 is 0 Å². The molecule has 2 aromatic rings. The Balaban J connectivity index is 1.36.